The van der Waals surface area contributed by atoms with Gasteiger partial charge in [0.15, 0.2) is 0 Å². The number of hydrogen-bond donors (Lipinski definition) is 1. The van der Waals surface area contributed by atoms with Gasteiger partial charge in [-0.25, -0.2) is 4.39 Å². The Labute approximate surface area is 117 Å². The van der Waals surface area contributed by atoms with Crippen molar-refractivity contribution >= 4 is 17.5 Å². The minimum atomic E-state index is -0.553. The van der Waals surface area contributed by atoms with Gasteiger partial charge >= 0.3 is 0 Å². The van der Waals surface area contributed by atoms with Gasteiger partial charge < -0.3 is 10.6 Å². The van der Waals surface area contributed by atoms with E-state index in [-0.39, 0.29) is 16.5 Å². The number of carbonyl (C=O) groups excluding carboxylic acids is 1. The van der Waals surface area contributed by atoms with Crippen molar-refractivity contribution in [3.63, 3.8) is 0 Å². The molecule has 2 N–H and O–H groups in total. The first kappa shape index (κ1) is 14.3. The van der Waals surface area contributed by atoms with E-state index in [1.165, 1.54) is 12.1 Å². The Bertz CT molecular complexity index is 465. The summed E-state index contributed by atoms with van der Waals surface area (Å²) < 4.78 is 13.4. The largest absolute Gasteiger partial charge is 0.338 e. The lowest BCUT2D eigenvalue weighted by Gasteiger charge is -2.33. The van der Waals surface area contributed by atoms with E-state index in [1.807, 2.05) is 0 Å². The van der Waals surface area contributed by atoms with Crippen LogP contribution in [0.2, 0.25) is 5.02 Å². The smallest absolute Gasteiger partial charge is 0.255 e. The number of rotatable bonds is 3. The summed E-state index contributed by atoms with van der Waals surface area (Å²) in [5, 5.41) is -0.0894. The average Bonchev–Trinajstić information content (AvgIpc) is 2.42. The van der Waals surface area contributed by atoms with E-state index in [9.17, 15) is 9.18 Å². The molecular weight excluding hydrogens is 267 g/mol. The van der Waals surface area contributed by atoms with Gasteiger partial charge in [-0.1, -0.05) is 17.7 Å². The zero-order valence-corrected chi connectivity index (χ0v) is 11.5. The molecule has 1 heterocycles. The van der Waals surface area contributed by atoms with E-state index in [0.29, 0.717) is 25.6 Å². The Morgan fingerprint density at radius 1 is 1.53 bits per heavy atom. The van der Waals surface area contributed by atoms with Gasteiger partial charge in [0, 0.05) is 13.1 Å². The topological polar surface area (TPSA) is 46.3 Å². The van der Waals surface area contributed by atoms with Crippen LogP contribution in [0.5, 0.6) is 0 Å². The number of halogens is 2. The lowest BCUT2D eigenvalue weighted by atomic mass is 9.94. The third kappa shape index (κ3) is 3.25. The van der Waals surface area contributed by atoms with Crippen LogP contribution in [-0.2, 0) is 0 Å². The third-order valence-corrected chi connectivity index (χ3v) is 3.95. The highest BCUT2D eigenvalue weighted by Gasteiger charge is 2.25. The van der Waals surface area contributed by atoms with Crippen molar-refractivity contribution in [1.82, 2.24) is 4.90 Å². The maximum atomic E-state index is 13.4. The molecule has 2 rings (SSSR count). The van der Waals surface area contributed by atoms with Crippen LogP contribution in [0.1, 0.15) is 29.6 Å². The standard InChI is InChI=1S/C14H18ClFN2O/c15-13-11(4-1-5-12(13)16)14(19)18-8-2-3-10(9-18)6-7-17/h1,4-5,10H,2-3,6-9,17H2. The number of hydrogen-bond acceptors (Lipinski definition) is 2. The van der Waals surface area contributed by atoms with Gasteiger partial charge in [0.1, 0.15) is 5.82 Å². The molecule has 1 aromatic rings. The molecule has 1 unspecified atom stereocenters. The number of nitrogens with two attached hydrogens (primary N) is 1. The van der Waals surface area contributed by atoms with Crippen LogP contribution < -0.4 is 5.73 Å². The molecule has 1 saturated heterocycles. The van der Waals surface area contributed by atoms with Crippen molar-refractivity contribution in [2.45, 2.75) is 19.3 Å². The molecule has 1 aliphatic heterocycles. The highest BCUT2D eigenvalue weighted by atomic mass is 35.5. The van der Waals surface area contributed by atoms with Crippen LogP contribution in [0.25, 0.3) is 0 Å². The summed E-state index contributed by atoms with van der Waals surface area (Å²) in [7, 11) is 0. The molecule has 0 spiro atoms. The molecule has 19 heavy (non-hydrogen) atoms. The summed E-state index contributed by atoms with van der Waals surface area (Å²) >= 11 is 5.86. The molecule has 104 valence electrons. The van der Waals surface area contributed by atoms with Gasteiger partial charge in [-0.05, 0) is 43.9 Å². The van der Waals surface area contributed by atoms with Crippen LogP contribution in [0.3, 0.4) is 0 Å². The lowest BCUT2D eigenvalue weighted by molar-refractivity contribution is 0.0669. The SMILES string of the molecule is NCCC1CCCN(C(=O)c2cccc(F)c2Cl)C1. The Kier molecular flexibility index (Phi) is 4.77. The molecule has 3 nitrogen and oxygen atoms in total. The maximum Gasteiger partial charge on any atom is 0.255 e. The number of piperidine rings is 1. The van der Waals surface area contributed by atoms with Crippen molar-refractivity contribution < 1.29 is 9.18 Å². The predicted molar refractivity (Wildman–Crippen MR) is 73.7 cm³/mol. The molecule has 0 aromatic heterocycles. The van der Waals surface area contributed by atoms with E-state index < -0.39 is 5.82 Å². The molecular formula is C14H18ClFN2O. The van der Waals surface area contributed by atoms with Crippen molar-refractivity contribution in [3.05, 3.63) is 34.6 Å². The average molecular weight is 285 g/mol. The fourth-order valence-corrected chi connectivity index (χ4v) is 2.77. The van der Waals surface area contributed by atoms with Crippen LogP contribution >= 0.6 is 11.6 Å². The van der Waals surface area contributed by atoms with E-state index >= 15 is 0 Å². The highest BCUT2D eigenvalue weighted by molar-refractivity contribution is 6.34. The van der Waals surface area contributed by atoms with E-state index in [1.54, 1.807) is 11.0 Å². The highest BCUT2D eigenvalue weighted by Crippen LogP contribution is 2.25. The quantitative estimate of drug-likeness (QED) is 0.927. The Balaban J connectivity index is 2.12. The number of carbonyl (C=O) groups is 1. The minimum absolute atomic E-state index is 0.0894. The molecule has 1 atom stereocenters. The summed E-state index contributed by atoms with van der Waals surface area (Å²) in [4.78, 5) is 14.1. The van der Waals surface area contributed by atoms with Gasteiger partial charge in [-0.15, -0.1) is 0 Å². The second kappa shape index (κ2) is 6.35. The van der Waals surface area contributed by atoms with Crippen molar-refractivity contribution in [2.24, 2.45) is 11.7 Å². The van der Waals surface area contributed by atoms with Crippen LogP contribution in [0.4, 0.5) is 4.39 Å². The zero-order chi connectivity index (χ0) is 13.8. The van der Waals surface area contributed by atoms with Gasteiger partial charge in [0.05, 0.1) is 10.6 Å². The first-order valence-electron chi connectivity index (χ1n) is 6.57. The number of amides is 1. The molecule has 1 amide bonds. The molecule has 5 heteroatoms. The van der Waals surface area contributed by atoms with Crippen molar-refractivity contribution in [2.75, 3.05) is 19.6 Å². The van der Waals surface area contributed by atoms with E-state index in [2.05, 4.69) is 0 Å². The van der Waals surface area contributed by atoms with Gasteiger partial charge in [0.2, 0.25) is 0 Å². The zero-order valence-electron chi connectivity index (χ0n) is 10.7. The van der Waals surface area contributed by atoms with Gasteiger partial charge in [-0.2, -0.15) is 0 Å². The Hall–Kier alpha value is -1.13. The fourth-order valence-electron chi connectivity index (χ4n) is 2.56. The Morgan fingerprint density at radius 2 is 2.32 bits per heavy atom. The lowest BCUT2D eigenvalue weighted by Crippen LogP contribution is -2.40. The molecule has 0 aliphatic carbocycles. The summed E-state index contributed by atoms with van der Waals surface area (Å²) in [6.45, 7) is 2.02. The third-order valence-electron chi connectivity index (χ3n) is 3.56. The predicted octanol–water partition coefficient (Wildman–Crippen LogP) is 2.68. The molecule has 1 aliphatic rings. The molecule has 1 fully saturated rings. The Morgan fingerprint density at radius 3 is 3.05 bits per heavy atom. The summed E-state index contributed by atoms with van der Waals surface area (Å²) in [5.74, 6) is -0.302. The monoisotopic (exact) mass is 284 g/mol. The minimum Gasteiger partial charge on any atom is -0.338 e. The van der Waals surface area contributed by atoms with Crippen molar-refractivity contribution in [1.29, 1.82) is 0 Å². The fraction of sp³-hybridized carbons (Fsp3) is 0.500. The van der Waals surface area contributed by atoms with Crippen molar-refractivity contribution in [3.8, 4) is 0 Å². The number of nitrogens with zero attached hydrogens (tertiary/aromatic N) is 1. The van der Waals surface area contributed by atoms with Gasteiger partial charge in [0.25, 0.3) is 5.91 Å². The second-order valence-corrected chi connectivity index (χ2v) is 5.32. The normalized spacial score (nSPS) is 19.5. The first-order valence-corrected chi connectivity index (χ1v) is 6.94. The van der Waals surface area contributed by atoms with Crippen LogP contribution in [0.15, 0.2) is 18.2 Å². The molecule has 1 aromatic carbocycles. The molecule has 0 bridgehead atoms. The second-order valence-electron chi connectivity index (χ2n) is 4.94. The number of likely N-dealkylation sites (tertiary alicyclic amines) is 1. The molecule has 0 radical (unpaired) electrons. The maximum absolute atomic E-state index is 13.4. The van der Waals surface area contributed by atoms with Crippen LogP contribution in [-0.4, -0.2) is 30.4 Å². The van der Waals surface area contributed by atoms with E-state index in [0.717, 1.165) is 19.3 Å². The molecule has 0 saturated carbocycles. The van der Waals surface area contributed by atoms with Gasteiger partial charge in [-0.3, -0.25) is 4.79 Å². The van der Waals surface area contributed by atoms with E-state index in [4.69, 9.17) is 17.3 Å². The summed E-state index contributed by atoms with van der Waals surface area (Å²) in [6.07, 6.45) is 2.97. The first-order chi connectivity index (χ1) is 9.13. The number of benzene rings is 1. The van der Waals surface area contributed by atoms with Crippen LogP contribution in [0, 0.1) is 11.7 Å². The summed E-state index contributed by atoms with van der Waals surface area (Å²) in [6, 6.07) is 4.34. The summed E-state index contributed by atoms with van der Waals surface area (Å²) in [5.41, 5.74) is 5.81.